The summed E-state index contributed by atoms with van der Waals surface area (Å²) in [7, 11) is 5.50. The van der Waals surface area contributed by atoms with Gasteiger partial charge in [-0.15, -0.1) is 0 Å². The van der Waals surface area contributed by atoms with E-state index in [0.29, 0.717) is 19.3 Å². The van der Waals surface area contributed by atoms with Crippen LogP contribution in [0.4, 0.5) is 0 Å². The Hall–Kier alpha value is -3.75. The van der Waals surface area contributed by atoms with E-state index in [1.807, 2.05) is 21.1 Å². The molecule has 0 saturated heterocycles. The highest BCUT2D eigenvalue weighted by molar-refractivity contribution is 5.72. The molecule has 0 saturated carbocycles. The Morgan fingerprint density at radius 2 is 0.898 bits per heavy atom. The fourth-order valence-corrected chi connectivity index (χ4v) is 6.01. The lowest BCUT2D eigenvalue weighted by Gasteiger charge is -2.31. The first-order valence-corrected chi connectivity index (χ1v) is 22.8. The lowest BCUT2D eigenvalue weighted by Crippen LogP contribution is -2.50. The van der Waals surface area contributed by atoms with Gasteiger partial charge in [0.2, 0.25) is 0 Å². The number of carboxylic acid groups (broad SMARTS) is 1. The van der Waals surface area contributed by atoms with Gasteiger partial charge in [0.15, 0.2) is 12.1 Å². The summed E-state index contributed by atoms with van der Waals surface area (Å²) in [5.41, 5.74) is 0. The molecule has 0 rings (SSSR count). The highest BCUT2D eigenvalue weighted by atomic mass is 16.6. The van der Waals surface area contributed by atoms with Gasteiger partial charge in [-0.2, -0.15) is 0 Å². The summed E-state index contributed by atoms with van der Waals surface area (Å²) >= 11 is 0. The van der Waals surface area contributed by atoms with Crippen molar-refractivity contribution in [2.45, 2.75) is 167 Å². The van der Waals surface area contributed by atoms with Gasteiger partial charge in [0.05, 0.1) is 34.4 Å². The van der Waals surface area contributed by atoms with Crippen LogP contribution in [0.5, 0.6) is 0 Å². The Morgan fingerprint density at radius 3 is 1.34 bits per heavy atom. The van der Waals surface area contributed by atoms with Crippen LogP contribution >= 0.6 is 0 Å². The van der Waals surface area contributed by atoms with E-state index >= 15 is 0 Å². The fraction of sp³-hybridized carbons (Fsp3) is 0.627. The minimum absolute atomic E-state index is 0.0368. The molecule has 2 atom stereocenters. The molecular formula is C51H84NO7+. The summed E-state index contributed by atoms with van der Waals surface area (Å²) in [6.45, 7) is 4.44. The van der Waals surface area contributed by atoms with Crippen LogP contribution in [-0.2, 0) is 28.6 Å². The minimum atomic E-state index is -0.887. The van der Waals surface area contributed by atoms with E-state index in [1.54, 1.807) is 0 Å². The summed E-state index contributed by atoms with van der Waals surface area (Å²) in [6, 6.07) is -0.629. The minimum Gasteiger partial charge on any atom is -0.477 e. The van der Waals surface area contributed by atoms with Crippen LogP contribution in [0.3, 0.4) is 0 Å². The Labute approximate surface area is 360 Å². The first-order chi connectivity index (χ1) is 28.6. The number of carbonyl (C=O) groups is 3. The molecule has 0 fully saturated rings. The average molecular weight is 823 g/mol. The van der Waals surface area contributed by atoms with Crippen molar-refractivity contribution in [2.75, 3.05) is 41.0 Å². The van der Waals surface area contributed by atoms with Crippen LogP contribution in [0.2, 0.25) is 0 Å². The second-order valence-electron chi connectivity index (χ2n) is 15.9. The molecule has 334 valence electrons. The van der Waals surface area contributed by atoms with E-state index in [9.17, 15) is 19.5 Å². The van der Waals surface area contributed by atoms with Crippen molar-refractivity contribution in [3.8, 4) is 0 Å². The smallest absolute Gasteiger partial charge is 0.362 e. The molecule has 0 spiro atoms. The zero-order valence-corrected chi connectivity index (χ0v) is 37.9. The van der Waals surface area contributed by atoms with Gasteiger partial charge in [0.25, 0.3) is 0 Å². The highest BCUT2D eigenvalue weighted by Gasteiger charge is 2.31. The summed E-state index contributed by atoms with van der Waals surface area (Å²) in [5, 5.41) is 9.63. The van der Waals surface area contributed by atoms with Gasteiger partial charge in [-0.3, -0.25) is 9.59 Å². The van der Waals surface area contributed by atoms with Crippen molar-refractivity contribution < 1.29 is 38.2 Å². The van der Waals surface area contributed by atoms with E-state index in [1.165, 1.54) is 12.8 Å². The van der Waals surface area contributed by atoms with E-state index in [4.69, 9.17) is 14.2 Å². The largest absolute Gasteiger partial charge is 0.477 e. The summed E-state index contributed by atoms with van der Waals surface area (Å²) in [4.78, 5) is 37.0. The zero-order valence-electron chi connectivity index (χ0n) is 37.9. The van der Waals surface area contributed by atoms with Gasteiger partial charge >= 0.3 is 17.9 Å². The quantitative estimate of drug-likeness (QED) is 0.0285. The van der Waals surface area contributed by atoms with Crippen molar-refractivity contribution in [3.63, 3.8) is 0 Å². The molecule has 59 heavy (non-hydrogen) atoms. The Balaban J connectivity index is 4.44. The Bertz CT molecular complexity index is 1280. The average Bonchev–Trinajstić information content (AvgIpc) is 3.19. The third-order valence-corrected chi connectivity index (χ3v) is 9.48. The van der Waals surface area contributed by atoms with E-state index in [-0.39, 0.29) is 42.7 Å². The van der Waals surface area contributed by atoms with Gasteiger partial charge in [0, 0.05) is 19.3 Å². The lowest BCUT2D eigenvalue weighted by atomic mass is 10.1. The van der Waals surface area contributed by atoms with Gasteiger partial charge < -0.3 is 23.8 Å². The van der Waals surface area contributed by atoms with Crippen LogP contribution in [0.25, 0.3) is 0 Å². The molecule has 8 nitrogen and oxygen atoms in total. The van der Waals surface area contributed by atoms with Gasteiger partial charge in [-0.05, 0) is 89.9 Å². The van der Waals surface area contributed by atoms with Crippen LogP contribution in [0.15, 0.2) is 97.2 Å². The molecule has 0 aromatic carbocycles. The third kappa shape index (κ3) is 39.5. The number of ether oxygens (including phenoxy) is 3. The van der Waals surface area contributed by atoms with Crippen LogP contribution < -0.4 is 0 Å². The Morgan fingerprint density at radius 1 is 0.508 bits per heavy atom. The molecule has 0 aliphatic heterocycles. The molecule has 0 aliphatic rings. The maximum atomic E-state index is 12.7. The number of aliphatic carboxylic acids is 1. The first-order valence-electron chi connectivity index (χ1n) is 22.8. The number of carboxylic acids is 1. The van der Waals surface area contributed by atoms with Crippen LogP contribution in [0, 0.1) is 0 Å². The van der Waals surface area contributed by atoms with E-state index in [0.717, 1.165) is 103 Å². The number of quaternary nitrogens is 1. The normalized spacial score (nSPS) is 13.8. The number of carbonyl (C=O) groups excluding carboxylic acids is 2. The number of hydrogen-bond donors (Lipinski definition) is 1. The zero-order chi connectivity index (χ0) is 43.5. The topological polar surface area (TPSA) is 99.1 Å². The maximum Gasteiger partial charge on any atom is 0.362 e. The number of hydrogen-bond acceptors (Lipinski definition) is 6. The maximum absolute atomic E-state index is 12.7. The second kappa shape index (κ2) is 41.0. The lowest BCUT2D eigenvalue weighted by molar-refractivity contribution is -0.887. The summed E-state index contributed by atoms with van der Waals surface area (Å²) in [6.07, 6.45) is 54.5. The van der Waals surface area contributed by atoms with E-state index < -0.39 is 18.1 Å². The number of likely N-dealkylation sites (N-methyl/N-ethyl adjacent to an activating group) is 1. The number of unbranched alkanes of at least 4 members (excludes halogenated alkanes) is 9. The number of allylic oxidation sites excluding steroid dienone is 16. The van der Waals surface area contributed by atoms with Crippen molar-refractivity contribution >= 4 is 17.9 Å². The molecule has 0 aromatic heterocycles. The molecule has 0 amide bonds. The molecule has 0 aromatic rings. The number of nitrogens with zero attached hydrogens (tertiary/aromatic N) is 1. The number of esters is 2. The predicted molar refractivity (Wildman–Crippen MR) is 247 cm³/mol. The standard InChI is InChI=1S/C51H83NO7/c1-6-8-10-12-14-16-18-20-22-24-25-26-28-30-32-34-36-38-40-42-50(54)59-47(45-57-44-43-48(51(55)56)52(3,4)5)46-58-49(53)41-39-37-35-33-31-29-27-23-21-19-17-15-13-11-9-7-2/h8-11,14-17,20-23,25-26,30,32,47-48H,6-7,12-13,18-19,24,27-29,31,33-46H2,1-5H3/p+1/b10-8+,11-9+,16-14+,17-15+,22-20+,23-21+,26-25+,32-30+. The number of rotatable bonds is 39. The van der Waals surface area contributed by atoms with Gasteiger partial charge in [-0.25, -0.2) is 4.79 Å². The SMILES string of the molecule is CC/C=C/C/C=C/C/C=C/C/C=C/C/C=C/CCCCCC(=O)OC(COCCC(C(=O)O)[N+](C)(C)C)COC(=O)CCCCCCCC/C=C/C/C=C/C/C=C/CC. The summed E-state index contributed by atoms with van der Waals surface area (Å²) in [5.74, 6) is -1.54. The molecule has 1 N–H and O–H groups in total. The third-order valence-electron chi connectivity index (χ3n) is 9.48. The molecule has 0 heterocycles. The van der Waals surface area contributed by atoms with E-state index in [2.05, 4.69) is 111 Å². The fourth-order valence-electron chi connectivity index (χ4n) is 6.01. The van der Waals surface area contributed by atoms with Crippen molar-refractivity contribution in [2.24, 2.45) is 0 Å². The first kappa shape index (κ1) is 55.2. The molecule has 8 heteroatoms. The molecule has 2 unspecified atom stereocenters. The van der Waals surface area contributed by atoms with Gasteiger partial charge in [-0.1, -0.05) is 143 Å². The van der Waals surface area contributed by atoms with Crippen molar-refractivity contribution in [1.82, 2.24) is 0 Å². The van der Waals surface area contributed by atoms with Crippen molar-refractivity contribution in [3.05, 3.63) is 97.2 Å². The Kier molecular flexibility index (Phi) is 38.4. The predicted octanol–water partition coefficient (Wildman–Crippen LogP) is 12.7. The van der Waals surface area contributed by atoms with Gasteiger partial charge in [0.1, 0.15) is 6.61 Å². The highest BCUT2D eigenvalue weighted by Crippen LogP contribution is 2.12. The molecular weight excluding hydrogens is 739 g/mol. The molecule has 0 radical (unpaired) electrons. The van der Waals surface area contributed by atoms with Crippen LogP contribution in [0.1, 0.15) is 155 Å². The monoisotopic (exact) mass is 823 g/mol. The molecule has 0 aliphatic carbocycles. The molecule has 0 bridgehead atoms. The second-order valence-corrected chi connectivity index (χ2v) is 15.9. The summed E-state index contributed by atoms with van der Waals surface area (Å²) < 4.78 is 17.2. The van der Waals surface area contributed by atoms with Crippen LogP contribution in [-0.4, -0.2) is 80.6 Å². The van der Waals surface area contributed by atoms with Crippen molar-refractivity contribution in [1.29, 1.82) is 0 Å².